The molecule has 2 aromatic heterocycles. The molecule has 106 valence electrons. The highest BCUT2D eigenvalue weighted by Crippen LogP contribution is 2.28. The molecule has 0 aromatic carbocycles. The van der Waals surface area contributed by atoms with Gasteiger partial charge in [0.15, 0.2) is 5.16 Å². The normalized spacial score (nSPS) is 10.6. The van der Waals surface area contributed by atoms with Crippen molar-refractivity contribution in [2.45, 2.75) is 23.7 Å². The van der Waals surface area contributed by atoms with E-state index in [0.717, 1.165) is 0 Å². The van der Waals surface area contributed by atoms with Gasteiger partial charge in [0.05, 0.1) is 30.7 Å². The van der Waals surface area contributed by atoms with Crippen LogP contribution < -0.4 is 0 Å². The first-order valence-corrected chi connectivity index (χ1v) is 6.90. The molecule has 0 aliphatic carbocycles. The van der Waals surface area contributed by atoms with Gasteiger partial charge in [-0.05, 0) is 30.8 Å². The van der Waals surface area contributed by atoms with Crippen molar-refractivity contribution in [1.82, 2.24) is 14.5 Å². The Balaban J connectivity index is 2.29. The summed E-state index contributed by atoms with van der Waals surface area (Å²) < 4.78 is 6.76. The Morgan fingerprint density at radius 1 is 1.50 bits per heavy atom. The molecular weight excluding hydrogens is 278 g/mol. The largest absolute Gasteiger partial charge is 0.462 e. The summed E-state index contributed by atoms with van der Waals surface area (Å²) in [7, 11) is 1.80. The van der Waals surface area contributed by atoms with Crippen LogP contribution in [0.1, 0.15) is 23.0 Å². The maximum absolute atomic E-state index is 11.9. The number of carbonyl (C=O) groups is 1. The molecule has 20 heavy (non-hydrogen) atoms. The Kier molecular flexibility index (Phi) is 4.75. The summed E-state index contributed by atoms with van der Waals surface area (Å²) in [6.07, 6.45) is 3.20. The van der Waals surface area contributed by atoms with Gasteiger partial charge in [-0.15, -0.1) is 0 Å². The second kappa shape index (κ2) is 6.53. The van der Waals surface area contributed by atoms with E-state index in [1.165, 1.54) is 11.8 Å². The molecule has 0 atom stereocenters. The van der Waals surface area contributed by atoms with E-state index in [1.807, 2.05) is 0 Å². The Labute approximate surface area is 120 Å². The summed E-state index contributed by atoms with van der Waals surface area (Å²) in [5, 5.41) is 10.3. The first kappa shape index (κ1) is 14.5. The highest BCUT2D eigenvalue weighted by molar-refractivity contribution is 7.99. The van der Waals surface area contributed by atoms with Gasteiger partial charge >= 0.3 is 5.97 Å². The molecule has 1 N–H and O–H groups in total. The van der Waals surface area contributed by atoms with Crippen LogP contribution in [-0.4, -0.2) is 32.2 Å². The predicted molar refractivity (Wildman–Crippen MR) is 73.4 cm³/mol. The zero-order chi connectivity index (χ0) is 14.5. The number of rotatable bonds is 5. The number of aliphatic hydroxyl groups excluding tert-OH is 1. The number of imidazole rings is 1. The summed E-state index contributed by atoms with van der Waals surface area (Å²) in [6.45, 7) is 1.99. The molecule has 2 aromatic rings. The fraction of sp³-hybridized carbons (Fsp3) is 0.308. The number of aliphatic hydroxyl groups is 1. The lowest BCUT2D eigenvalue weighted by atomic mass is 10.3. The van der Waals surface area contributed by atoms with Crippen LogP contribution in [0.25, 0.3) is 0 Å². The molecule has 0 saturated heterocycles. The lowest BCUT2D eigenvalue weighted by molar-refractivity contribution is 0.0521. The molecule has 0 aliphatic heterocycles. The number of esters is 1. The van der Waals surface area contributed by atoms with Crippen LogP contribution in [0.15, 0.2) is 34.7 Å². The van der Waals surface area contributed by atoms with Crippen molar-refractivity contribution in [2.75, 3.05) is 6.61 Å². The van der Waals surface area contributed by atoms with Crippen LogP contribution in [-0.2, 0) is 18.4 Å². The van der Waals surface area contributed by atoms with Crippen LogP contribution in [0, 0.1) is 0 Å². The van der Waals surface area contributed by atoms with E-state index in [-0.39, 0.29) is 6.61 Å². The predicted octanol–water partition coefficient (Wildman–Crippen LogP) is 1.64. The first-order valence-electron chi connectivity index (χ1n) is 6.08. The molecule has 0 fully saturated rings. The van der Waals surface area contributed by atoms with E-state index in [4.69, 9.17) is 9.84 Å². The topological polar surface area (TPSA) is 77.2 Å². The third-order valence-corrected chi connectivity index (χ3v) is 3.74. The van der Waals surface area contributed by atoms with Gasteiger partial charge in [-0.3, -0.25) is 0 Å². The van der Waals surface area contributed by atoms with Gasteiger partial charge < -0.3 is 14.4 Å². The maximum atomic E-state index is 11.9. The molecule has 7 heteroatoms. The number of hydrogen-bond donors (Lipinski definition) is 1. The van der Waals surface area contributed by atoms with Crippen molar-refractivity contribution >= 4 is 17.7 Å². The molecule has 0 bridgehead atoms. The van der Waals surface area contributed by atoms with E-state index in [2.05, 4.69) is 9.97 Å². The standard InChI is InChI=1S/C13H15N3O3S/c1-3-19-12(18)10-5-4-6-14-11(10)20-13-15-7-9(8-17)16(13)2/h4-7,17H,3,8H2,1-2H3. The van der Waals surface area contributed by atoms with Gasteiger partial charge in [-0.1, -0.05) is 0 Å². The Bertz CT molecular complexity index is 613. The number of aromatic nitrogens is 3. The number of ether oxygens (including phenoxy) is 1. The van der Waals surface area contributed by atoms with Crippen molar-refractivity contribution in [2.24, 2.45) is 7.05 Å². The highest BCUT2D eigenvalue weighted by atomic mass is 32.2. The average molecular weight is 293 g/mol. The van der Waals surface area contributed by atoms with Crippen molar-refractivity contribution < 1.29 is 14.6 Å². The molecule has 0 aliphatic rings. The van der Waals surface area contributed by atoms with Crippen LogP contribution in [0.4, 0.5) is 0 Å². The Morgan fingerprint density at radius 3 is 2.95 bits per heavy atom. The first-order chi connectivity index (χ1) is 9.67. The van der Waals surface area contributed by atoms with Gasteiger partial charge in [0.2, 0.25) is 0 Å². The van der Waals surface area contributed by atoms with Crippen molar-refractivity contribution in [3.8, 4) is 0 Å². The summed E-state index contributed by atoms with van der Waals surface area (Å²) in [5.41, 5.74) is 1.11. The summed E-state index contributed by atoms with van der Waals surface area (Å²) >= 11 is 1.26. The van der Waals surface area contributed by atoms with Crippen molar-refractivity contribution in [3.05, 3.63) is 35.8 Å². The van der Waals surface area contributed by atoms with E-state index >= 15 is 0 Å². The minimum Gasteiger partial charge on any atom is -0.462 e. The quantitative estimate of drug-likeness (QED) is 0.844. The monoisotopic (exact) mass is 293 g/mol. The van der Waals surface area contributed by atoms with Crippen molar-refractivity contribution in [1.29, 1.82) is 0 Å². The van der Waals surface area contributed by atoms with Gasteiger partial charge in [-0.2, -0.15) is 0 Å². The third-order valence-electron chi connectivity index (χ3n) is 2.66. The molecule has 2 rings (SSSR count). The van der Waals surface area contributed by atoms with E-state index in [1.54, 1.807) is 43.1 Å². The van der Waals surface area contributed by atoms with Gasteiger partial charge in [0, 0.05) is 13.2 Å². The van der Waals surface area contributed by atoms with Crippen LogP contribution in [0.3, 0.4) is 0 Å². The number of pyridine rings is 1. The zero-order valence-corrected chi connectivity index (χ0v) is 12.1. The van der Waals surface area contributed by atoms with Crippen LogP contribution in [0.2, 0.25) is 0 Å². The highest BCUT2D eigenvalue weighted by Gasteiger charge is 2.16. The van der Waals surface area contributed by atoms with Crippen LogP contribution >= 0.6 is 11.8 Å². The molecule has 0 radical (unpaired) electrons. The fourth-order valence-corrected chi connectivity index (χ4v) is 2.50. The summed E-state index contributed by atoms with van der Waals surface area (Å²) in [4.78, 5) is 20.3. The number of nitrogens with zero attached hydrogens (tertiary/aromatic N) is 3. The van der Waals surface area contributed by atoms with Crippen molar-refractivity contribution in [3.63, 3.8) is 0 Å². The lowest BCUT2D eigenvalue weighted by Gasteiger charge is -2.07. The van der Waals surface area contributed by atoms with Gasteiger partial charge in [0.25, 0.3) is 0 Å². The zero-order valence-electron chi connectivity index (χ0n) is 11.2. The average Bonchev–Trinajstić information content (AvgIpc) is 2.80. The molecular formula is C13H15N3O3S. The smallest absolute Gasteiger partial charge is 0.340 e. The number of carbonyl (C=O) groups excluding carboxylic acids is 1. The SMILES string of the molecule is CCOC(=O)c1cccnc1Sc1ncc(CO)n1C. The van der Waals surface area contributed by atoms with Crippen LogP contribution in [0.5, 0.6) is 0 Å². The van der Waals surface area contributed by atoms with Gasteiger partial charge in [-0.25, -0.2) is 14.8 Å². The molecule has 0 amide bonds. The van der Waals surface area contributed by atoms with E-state index in [0.29, 0.717) is 28.0 Å². The van der Waals surface area contributed by atoms with E-state index in [9.17, 15) is 4.79 Å². The lowest BCUT2D eigenvalue weighted by Crippen LogP contribution is -2.07. The summed E-state index contributed by atoms with van der Waals surface area (Å²) in [6, 6.07) is 3.36. The fourth-order valence-electron chi connectivity index (χ4n) is 1.59. The maximum Gasteiger partial charge on any atom is 0.340 e. The Hall–Kier alpha value is -1.86. The van der Waals surface area contributed by atoms with Gasteiger partial charge in [0.1, 0.15) is 5.03 Å². The summed E-state index contributed by atoms with van der Waals surface area (Å²) in [5.74, 6) is -0.403. The minimum atomic E-state index is -0.403. The molecule has 6 nitrogen and oxygen atoms in total. The number of hydrogen-bond acceptors (Lipinski definition) is 6. The minimum absolute atomic E-state index is 0.0863. The molecule has 2 heterocycles. The van der Waals surface area contributed by atoms with E-state index < -0.39 is 5.97 Å². The molecule has 0 spiro atoms. The Morgan fingerprint density at radius 2 is 2.30 bits per heavy atom. The second-order valence-electron chi connectivity index (χ2n) is 3.93. The third kappa shape index (κ3) is 3.00. The molecule has 0 unspecified atom stereocenters. The molecule has 0 saturated carbocycles. The second-order valence-corrected chi connectivity index (χ2v) is 4.88.